The molecule has 0 fully saturated rings. The molecule has 0 aromatic heterocycles. The summed E-state index contributed by atoms with van der Waals surface area (Å²) in [6, 6.07) is 15.7. The molecular weight excluding hydrogens is 342 g/mol. The Bertz CT molecular complexity index is 710. The van der Waals surface area contributed by atoms with Gasteiger partial charge in [0.15, 0.2) is 0 Å². The van der Waals surface area contributed by atoms with Gasteiger partial charge in [-0.15, -0.1) is 11.8 Å². The second-order valence-corrected chi connectivity index (χ2v) is 8.71. The molecular formula is C22H29NO2S. The Kier molecular flexibility index (Phi) is 7.58. The van der Waals surface area contributed by atoms with Gasteiger partial charge < -0.3 is 10.1 Å². The SMILES string of the molecule is COc1ccc([C@H](CC(C)C)NC(=O)c2ccccc2SC(C)C)cc1. The topological polar surface area (TPSA) is 38.3 Å². The quantitative estimate of drug-likeness (QED) is 0.604. The first-order valence-corrected chi connectivity index (χ1v) is 9.99. The molecule has 0 aliphatic heterocycles. The van der Waals surface area contributed by atoms with Gasteiger partial charge in [0.05, 0.1) is 18.7 Å². The van der Waals surface area contributed by atoms with Gasteiger partial charge in [0, 0.05) is 10.1 Å². The third kappa shape index (κ3) is 5.80. The van der Waals surface area contributed by atoms with Crippen LogP contribution in [0, 0.1) is 5.92 Å². The number of benzene rings is 2. The van der Waals surface area contributed by atoms with E-state index in [4.69, 9.17) is 4.74 Å². The van der Waals surface area contributed by atoms with Crippen LogP contribution in [-0.2, 0) is 0 Å². The van der Waals surface area contributed by atoms with E-state index in [0.717, 1.165) is 28.2 Å². The number of rotatable bonds is 8. The Morgan fingerprint density at radius 3 is 2.27 bits per heavy atom. The van der Waals surface area contributed by atoms with Crippen LogP contribution in [0.2, 0.25) is 0 Å². The molecule has 0 saturated carbocycles. The van der Waals surface area contributed by atoms with Crippen molar-refractivity contribution in [1.82, 2.24) is 5.32 Å². The van der Waals surface area contributed by atoms with Crippen LogP contribution in [0.25, 0.3) is 0 Å². The number of carbonyl (C=O) groups is 1. The lowest BCUT2D eigenvalue weighted by Crippen LogP contribution is -2.30. The minimum Gasteiger partial charge on any atom is -0.497 e. The van der Waals surface area contributed by atoms with Crippen LogP contribution in [0.15, 0.2) is 53.4 Å². The van der Waals surface area contributed by atoms with Gasteiger partial charge in [-0.25, -0.2) is 0 Å². The van der Waals surface area contributed by atoms with Gasteiger partial charge in [-0.2, -0.15) is 0 Å². The molecule has 1 N–H and O–H groups in total. The highest BCUT2D eigenvalue weighted by molar-refractivity contribution is 8.00. The van der Waals surface area contributed by atoms with E-state index >= 15 is 0 Å². The lowest BCUT2D eigenvalue weighted by Gasteiger charge is -2.22. The molecule has 2 aromatic carbocycles. The fourth-order valence-electron chi connectivity index (χ4n) is 2.83. The van der Waals surface area contributed by atoms with Crippen LogP contribution < -0.4 is 10.1 Å². The van der Waals surface area contributed by atoms with Crippen LogP contribution in [0.5, 0.6) is 5.75 Å². The molecule has 0 aliphatic rings. The van der Waals surface area contributed by atoms with Crippen LogP contribution in [0.1, 0.15) is 56.1 Å². The highest BCUT2D eigenvalue weighted by Gasteiger charge is 2.19. The standard InChI is InChI=1S/C22H29NO2S/c1-15(2)14-20(17-10-12-18(25-5)13-11-17)23-22(24)19-8-6-7-9-21(19)26-16(3)4/h6-13,15-16,20H,14H2,1-5H3,(H,23,24)/t20-/m0/s1. The first kappa shape index (κ1) is 20.4. The van der Waals surface area contributed by atoms with E-state index in [1.54, 1.807) is 18.9 Å². The van der Waals surface area contributed by atoms with Crippen LogP contribution in [0.3, 0.4) is 0 Å². The summed E-state index contributed by atoms with van der Waals surface area (Å²) in [6.07, 6.45) is 0.886. The van der Waals surface area contributed by atoms with Crippen LogP contribution in [-0.4, -0.2) is 18.3 Å². The fourth-order valence-corrected chi connectivity index (χ4v) is 3.79. The molecule has 4 heteroatoms. The number of carbonyl (C=O) groups excluding carboxylic acids is 1. The molecule has 3 nitrogen and oxygen atoms in total. The van der Waals surface area contributed by atoms with Crippen molar-refractivity contribution in [2.45, 2.75) is 50.3 Å². The maximum Gasteiger partial charge on any atom is 0.252 e. The number of hydrogen-bond acceptors (Lipinski definition) is 3. The minimum atomic E-state index is -0.0227. The maximum atomic E-state index is 13.0. The smallest absolute Gasteiger partial charge is 0.252 e. The van der Waals surface area contributed by atoms with Crippen molar-refractivity contribution in [2.75, 3.05) is 7.11 Å². The van der Waals surface area contributed by atoms with Crippen molar-refractivity contribution < 1.29 is 9.53 Å². The lowest BCUT2D eigenvalue weighted by atomic mass is 9.96. The Hall–Kier alpha value is -1.94. The highest BCUT2D eigenvalue weighted by atomic mass is 32.2. The summed E-state index contributed by atoms with van der Waals surface area (Å²) in [7, 11) is 1.66. The van der Waals surface area contributed by atoms with Crippen molar-refractivity contribution in [3.63, 3.8) is 0 Å². The Labute approximate surface area is 161 Å². The van der Waals surface area contributed by atoms with Gasteiger partial charge in [-0.1, -0.05) is 52.0 Å². The average Bonchev–Trinajstić information content (AvgIpc) is 2.60. The third-order valence-corrected chi connectivity index (χ3v) is 5.11. The number of nitrogens with one attached hydrogen (secondary N) is 1. The molecule has 2 aromatic rings. The summed E-state index contributed by atoms with van der Waals surface area (Å²) in [6.45, 7) is 8.62. The van der Waals surface area contributed by atoms with E-state index in [9.17, 15) is 4.79 Å². The average molecular weight is 372 g/mol. The number of amides is 1. The predicted molar refractivity (Wildman–Crippen MR) is 110 cm³/mol. The number of methoxy groups -OCH3 is 1. The highest BCUT2D eigenvalue weighted by Crippen LogP contribution is 2.28. The van der Waals surface area contributed by atoms with E-state index in [1.807, 2.05) is 48.5 Å². The largest absolute Gasteiger partial charge is 0.497 e. The van der Waals surface area contributed by atoms with Gasteiger partial charge in [-0.3, -0.25) is 4.79 Å². The monoisotopic (exact) mass is 371 g/mol. The van der Waals surface area contributed by atoms with Gasteiger partial charge in [0.25, 0.3) is 5.91 Å². The summed E-state index contributed by atoms with van der Waals surface area (Å²) in [5.74, 6) is 1.28. The predicted octanol–water partition coefficient (Wildman–Crippen LogP) is 5.71. The molecule has 1 atom stereocenters. The zero-order chi connectivity index (χ0) is 19.1. The second-order valence-electron chi connectivity index (χ2n) is 7.09. The van der Waals surface area contributed by atoms with Crippen molar-refractivity contribution in [3.8, 4) is 5.75 Å². The molecule has 0 bridgehead atoms. The summed E-state index contributed by atoms with van der Waals surface area (Å²) < 4.78 is 5.24. The maximum absolute atomic E-state index is 13.0. The molecule has 1 amide bonds. The molecule has 0 aliphatic carbocycles. The summed E-state index contributed by atoms with van der Waals surface area (Å²) >= 11 is 1.72. The van der Waals surface area contributed by atoms with Gasteiger partial charge in [0.2, 0.25) is 0 Å². The van der Waals surface area contributed by atoms with Crippen LogP contribution in [0.4, 0.5) is 0 Å². The number of ether oxygens (including phenoxy) is 1. The van der Waals surface area contributed by atoms with E-state index in [-0.39, 0.29) is 11.9 Å². The van der Waals surface area contributed by atoms with Gasteiger partial charge >= 0.3 is 0 Å². The van der Waals surface area contributed by atoms with E-state index < -0.39 is 0 Å². The van der Waals surface area contributed by atoms with E-state index in [2.05, 4.69) is 33.0 Å². The van der Waals surface area contributed by atoms with Crippen LogP contribution >= 0.6 is 11.8 Å². The number of thioether (sulfide) groups is 1. The Balaban J connectivity index is 2.23. The summed E-state index contributed by atoms with van der Waals surface area (Å²) in [4.78, 5) is 14.0. The molecule has 0 radical (unpaired) electrons. The van der Waals surface area contributed by atoms with Gasteiger partial charge in [0.1, 0.15) is 5.75 Å². The third-order valence-electron chi connectivity index (χ3n) is 4.02. The molecule has 26 heavy (non-hydrogen) atoms. The first-order chi connectivity index (χ1) is 12.4. The molecule has 0 heterocycles. The molecule has 0 spiro atoms. The normalized spacial score (nSPS) is 12.3. The summed E-state index contributed by atoms with van der Waals surface area (Å²) in [5, 5.41) is 3.67. The van der Waals surface area contributed by atoms with Gasteiger partial charge in [-0.05, 0) is 42.2 Å². The molecule has 0 unspecified atom stereocenters. The van der Waals surface area contributed by atoms with Crippen molar-refractivity contribution in [2.24, 2.45) is 5.92 Å². The molecule has 2 rings (SSSR count). The zero-order valence-corrected chi connectivity index (χ0v) is 17.1. The first-order valence-electron chi connectivity index (χ1n) is 9.11. The fraction of sp³-hybridized carbons (Fsp3) is 0.409. The molecule has 0 saturated heterocycles. The van der Waals surface area contributed by atoms with Crippen molar-refractivity contribution in [1.29, 1.82) is 0 Å². The Morgan fingerprint density at radius 2 is 1.69 bits per heavy atom. The second kappa shape index (κ2) is 9.67. The zero-order valence-electron chi connectivity index (χ0n) is 16.3. The van der Waals surface area contributed by atoms with E-state index in [0.29, 0.717) is 11.2 Å². The Morgan fingerprint density at radius 1 is 1.04 bits per heavy atom. The minimum absolute atomic E-state index is 0.0183. The number of hydrogen-bond donors (Lipinski definition) is 1. The molecule has 140 valence electrons. The van der Waals surface area contributed by atoms with Crippen molar-refractivity contribution in [3.05, 3.63) is 59.7 Å². The summed E-state index contributed by atoms with van der Waals surface area (Å²) in [5.41, 5.74) is 1.84. The van der Waals surface area contributed by atoms with E-state index in [1.165, 1.54) is 0 Å². The lowest BCUT2D eigenvalue weighted by molar-refractivity contribution is 0.0929. The van der Waals surface area contributed by atoms with Crippen molar-refractivity contribution >= 4 is 17.7 Å².